The number of aryl methyl sites for hydroxylation is 1. The topological polar surface area (TPSA) is 84.5 Å². The van der Waals surface area contributed by atoms with Crippen LogP contribution in [0.1, 0.15) is 32.5 Å². The Morgan fingerprint density at radius 3 is 2.39 bits per heavy atom. The Balaban J connectivity index is 1.85. The third-order valence-corrected chi connectivity index (χ3v) is 4.03. The normalized spacial score (nSPS) is 11.4. The molecule has 0 spiro atoms. The van der Waals surface area contributed by atoms with Crippen molar-refractivity contribution in [1.29, 1.82) is 0 Å². The van der Waals surface area contributed by atoms with E-state index in [1.54, 1.807) is 48.7 Å². The number of esters is 1. The van der Waals surface area contributed by atoms with E-state index in [0.29, 0.717) is 10.4 Å². The van der Waals surface area contributed by atoms with E-state index in [1.165, 1.54) is 18.3 Å². The summed E-state index contributed by atoms with van der Waals surface area (Å²) in [4.78, 5) is 36.0. The van der Waals surface area contributed by atoms with Crippen LogP contribution >= 0.6 is 11.3 Å². The van der Waals surface area contributed by atoms with Gasteiger partial charge in [-0.3, -0.25) is 20.4 Å². The van der Waals surface area contributed by atoms with E-state index in [0.717, 1.165) is 5.56 Å². The van der Waals surface area contributed by atoms with E-state index >= 15 is 0 Å². The van der Waals surface area contributed by atoms with Gasteiger partial charge in [-0.2, -0.15) is 0 Å². The first-order chi connectivity index (χ1) is 11.0. The number of carbonyl (C=O) groups excluding carboxylic acids is 3. The Morgan fingerprint density at radius 2 is 1.78 bits per heavy atom. The molecular weight excluding hydrogens is 316 g/mol. The van der Waals surface area contributed by atoms with Crippen molar-refractivity contribution >= 4 is 29.1 Å². The molecular formula is C16H16N2O4S. The summed E-state index contributed by atoms with van der Waals surface area (Å²) in [5.41, 5.74) is 5.71. The Bertz CT molecular complexity index is 712. The number of hydrogen-bond acceptors (Lipinski definition) is 5. The number of ether oxygens (including phenoxy) is 1. The molecule has 0 bridgehead atoms. The minimum absolute atomic E-state index is 0.409. The first-order valence-corrected chi connectivity index (χ1v) is 7.77. The van der Waals surface area contributed by atoms with Crippen molar-refractivity contribution in [2.45, 2.75) is 20.0 Å². The van der Waals surface area contributed by atoms with Gasteiger partial charge < -0.3 is 4.74 Å². The van der Waals surface area contributed by atoms with Crippen LogP contribution in [0, 0.1) is 6.92 Å². The minimum Gasteiger partial charge on any atom is -0.448 e. The summed E-state index contributed by atoms with van der Waals surface area (Å²) in [7, 11) is 0. The second kappa shape index (κ2) is 7.55. The average Bonchev–Trinajstić information content (AvgIpc) is 2.99. The molecule has 2 amide bonds. The maximum atomic E-state index is 11.9. The monoisotopic (exact) mass is 332 g/mol. The summed E-state index contributed by atoms with van der Waals surface area (Å²) < 4.78 is 5.08. The highest BCUT2D eigenvalue weighted by Gasteiger charge is 2.21. The molecule has 1 atom stereocenters. The number of carbonyl (C=O) groups is 3. The van der Waals surface area contributed by atoms with Gasteiger partial charge in [0.15, 0.2) is 6.10 Å². The summed E-state index contributed by atoms with van der Waals surface area (Å²) in [5.74, 6) is -1.63. The average molecular weight is 332 g/mol. The van der Waals surface area contributed by atoms with Crippen molar-refractivity contribution in [3.05, 3.63) is 57.8 Å². The van der Waals surface area contributed by atoms with Crippen molar-refractivity contribution in [2.75, 3.05) is 0 Å². The highest BCUT2D eigenvalue weighted by molar-refractivity contribution is 7.12. The lowest BCUT2D eigenvalue weighted by molar-refractivity contribution is -0.129. The van der Waals surface area contributed by atoms with Crippen molar-refractivity contribution < 1.29 is 19.1 Å². The third-order valence-electron chi connectivity index (χ3n) is 3.04. The minimum atomic E-state index is -1.03. The molecule has 1 heterocycles. The Morgan fingerprint density at radius 1 is 1.09 bits per heavy atom. The smallest absolute Gasteiger partial charge is 0.349 e. The standard InChI is InChI=1S/C16H16N2O4S/c1-10-8-9-23-13(10)16(21)22-11(2)14(19)17-18-15(20)12-6-4-3-5-7-12/h3-9,11H,1-2H3,(H,17,19)(H,18,20)/t11-/m1/s1. The fourth-order valence-corrected chi connectivity index (χ4v) is 2.54. The van der Waals surface area contributed by atoms with Crippen LogP contribution in [-0.2, 0) is 9.53 Å². The molecule has 0 saturated carbocycles. The lowest BCUT2D eigenvalue weighted by Gasteiger charge is -2.13. The first-order valence-electron chi connectivity index (χ1n) is 6.89. The van der Waals surface area contributed by atoms with Crippen LogP contribution in [-0.4, -0.2) is 23.9 Å². The molecule has 120 valence electrons. The van der Waals surface area contributed by atoms with Gasteiger partial charge in [0.1, 0.15) is 4.88 Å². The van der Waals surface area contributed by atoms with Crippen LogP contribution in [0.15, 0.2) is 41.8 Å². The highest BCUT2D eigenvalue weighted by atomic mass is 32.1. The molecule has 2 aromatic rings. The van der Waals surface area contributed by atoms with Gasteiger partial charge in [-0.05, 0) is 43.0 Å². The zero-order chi connectivity index (χ0) is 16.8. The Hall–Kier alpha value is -2.67. The van der Waals surface area contributed by atoms with Crippen molar-refractivity contribution in [1.82, 2.24) is 10.9 Å². The maximum absolute atomic E-state index is 11.9. The molecule has 6 nitrogen and oxygen atoms in total. The molecule has 2 N–H and O–H groups in total. The molecule has 2 rings (SSSR count). The van der Waals surface area contributed by atoms with Gasteiger partial charge in [0.25, 0.3) is 11.8 Å². The van der Waals surface area contributed by atoms with Gasteiger partial charge in [0.2, 0.25) is 0 Å². The van der Waals surface area contributed by atoms with Crippen LogP contribution in [0.4, 0.5) is 0 Å². The van der Waals surface area contributed by atoms with Crippen LogP contribution in [0.3, 0.4) is 0 Å². The molecule has 0 aliphatic carbocycles. The van der Waals surface area contributed by atoms with Gasteiger partial charge in [0, 0.05) is 5.56 Å². The summed E-state index contributed by atoms with van der Waals surface area (Å²) >= 11 is 1.25. The van der Waals surface area contributed by atoms with Crippen LogP contribution in [0.5, 0.6) is 0 Å². The quantitative estimate of drug-likeness (QED) is 0.663. The molecule has 7 heteroatoms. The summed E-state index contributed by atoms with van der Waals surface area (Å²) in [5, 5.41) is 1.77. The van der Waals surface area contributed by atoms with Crippen LogP contribution in [0.25, 0.3) is 0 Å². The lowest BCUT2D eigenvalue weighted by atomic mass is 10.2. The molecule has 0 unspecified atom stereocenters. The summed E-state index contributed by atoms with van der Waals surface area (Å²) in [6.45, 7) is 3.22. The van der Waals surface area contributed by atoms with Crippen molar-refractivity contribution in [2.24, 2.45) is 0 Å². The predicted molar refractivity (Wildman–Crippen MR) is 86.0 cm³/mol. The fourth-order valence-electron chi connectivity index (χ4n) is 1.73. The fraction of sp³-hybridized carbons (Fsp3) is 0.188. The van der Waals surface area contributed by atoms with Gasteiger partial charge in [0.05, 0.1) is 0 Å². The van der Waals surface area contributed by atoms with Crippen molar-refractivity contribution in [3.8, 4) is 0 Å². The van der Waals surface area contributed by atoms with E-state index in [2.05, 4.69) is 10.9 Å². The first kappa shape index (κ1) is 16.7. The zero-order valence-electron chi connectivity index (χ0n) is 12.7. The second-order valence-electron chi connectivity index (χ2n) is 4.79. The SMILES string of the molecule is Cc1ccsc1C(=O)O[C@H](C)C(=O)NNC(=O)c1ccccc1. The maximum Gasteiger partial charge on any atom is 0.349 e. The number of nitrogens with one attached hydrogen (secondary N) is 2. The molecule has 1 aromatic heterocycles. The lowest BCUT2D eigenvalue weighted by Crippen LogP contribution is -2.46. The Kier molecular flexibility index (Phi) is 5.48. The van der Waals surface area contributed by atoms with E-state index in [1.807, 2.05) is 0 Å². The van der Waals surface area contributed by atoms with Gasteiger partial charge >= 0.3 is 5.97 Å². The summed E-state index contributed by atoms with van der Waals surface area (Å²) in [6.07, 6.45) is -1.03. The van der Waals surface area contributed by atoms with Crippen LogP contribution in [0.2, 0.25) is 0 Å². The molecule has 0 saturated heterocycles. The van der Waals surface area contributed by atoms with E-state index in [9.17, 15) is 14.4 Å². The second-order valence-corrected chi connectivity index (χ2v) is 5.71. The Labute approximate surface area is 137 Å². The van der Waals surface area contributed by atoms with Gasteiger partial charge in [-0.1, -0.05) is 18.2 Å². The number of thiophene rings is 1. The molecule has 0 aliphatic rings. The van der Waals surface area contributed by atoms with E-state index < -0.39 is 23.9 Å². The predicted octanol–water partition coefficient (Wildman–Crippen LogP) is 2.06. The van der Waals surface area contributed by atoms with E-state index in [4.69, 9.17) is 4.74 Å². The molecule has 23 heavy (non-hydrogen) atoms. The van der Waals surface area contributed by atoms with Gasteiger partial charge in [-0.25, -0.2) is 4.79 Å². The highest BCUT2D eigenvalue weighted by Crippen LogP contribution is 2.17. The van der Waals surface area contributed by atoms with Crippen molar-refractivity contribution in [3.63, 3.8) is 0 Å². The third kappa shape index (κ3) is 4.40. The largest absolute Gasteiger partial charge is 0.448 e. The molecule has 0 fully saturated rings. The molecule has 1 aromatic carbocycles. The number of hydrogen-bond donors (Lipinski definition) is 2. The number of hydrazine groups is 1. The summed E-state index contributed by atoms with van der Waals surface area (Å²) in [6, 6.07) is 10.2. The molecule has 0 aliphatic heterocycles. The number of amides is 2. The molecule has 0 radical (unpaired) electrons. The van der Waals surface area contributed by atoms with Gasteiger partial charge in [-0.15, -0.1) is 11.3 Å². The van der Waals surface area contributed by atoms with Crippen LogP contribution < -0.4 is 10.9 Å². The number of rotatable bonds is 4. The number of benzene rings is 1. The zero-order valence-corrected chi connectivity index (χ0v) is 13.5. The van der Waals surface area contributed by atoms with E-state index in [-0.39, 0.29) is 0 Å².